The van der Waals surface area contributed by atoms with Gasteiger partial charge < -0.3 is 9.13 Å². The topological polar surface area (TPSA) is 57.4 Å². The van der Waals surface area contributed by atoms with E-state index in [4.69, 9.17) is 0 Å². The van der Waals surface area contributed by atoms with Crippen molar-refractivity contribution in [1.82, 2.24) is 9.13 Å². The van der Waals surface area contributed by atoms with Crippen molar-refractivity contribution in [1.29, 1.82) is 10.5 Å². The molecule has 6 aromatic carbocycles. The van der Waals surface area contributed by atoms with Crippen molar-refractivity contribution in [3.63, 3.8) is 0 Å². The minimum absolute atomic E-state index is 0.656. The van der Waals surface area contributed by atoms with Gasteiger partial charge in [0.25, 0.3) is 0 Å². The Morgan fingerprint density at radius 2 is 1.02 bits per heavy atom. The first-order chi connectivity index (χ1) is 21.2. The number of benzene rings is 6. The Balaban J connectivity index is 1.36. The van der Waals surface area contributed by atoms with Crippen LogP contribution in [0, 0.1) is 22.7 Å². The molecule has 0 radical (unpaired) electrons. The number of nitrogens with zero attached hydrogens (tertiary/aromatic N) is 4. The summed E-state index contributed by atoms with van der Waals surface area (Å²) in [4.78, 5) is 0. The van der Waals surface area contributed by atoms with Crippen LogP contribution in [0.1, 0.15) is 11.1 Å². The third-order valence-electron chi connectivity index (χ3n) is 8.55. The monoisotopic (exact) mass is 564 g/mol. The average molecular weight is 565 g/mol. The van der Waals surface area contributed by atoms with Crippen LogP contribution in [0.5, 0.6) is 0 Å². The van der Waals surface area contributed by atoms with Gasteiger partial charge in [-0.1, -0.05) is 42.5 Å². The number of hydrogen-bond donors (Lipinski definition) is 0. The van der Waals surface area contributed by atoms with Crippen molar-refractivity contribution in [3.05, 3.63) is 132 Å². The molecular formula is C38H20N4S. The fourth-order valence-electron chi connectivity index (χ4n) is 6.77. The van der Waals surface area contributed by atoms with E-state index in [0.29, 0.717) is 11.1 Å². The van der Waals surface area contributed by atoms with Gasteiger partial charge in [-0.3, -0.25) is 0 Å². The number of rotatable bonds is 2. The van der Waals surface area contributed by atoms with E-state index in [2.05, 4.69) is 112 Å². The van der Waals surface area contributed by atoms with Gasteiger partial charge in [-0.15, -0.1) is 11.3 Å². The molecule has 0 amide bonds. The quantitative estimate of drug-likeness (QED) is 0.210. The lowest BCUT2D eigenvalue weighted by Gasteiger charge is -2.13. The molecule has 9 rings (SSSR count). The molecule has 3 aromatic heterocycles. The molecule has 0 aliphatic rings. The van der Waals surface area contributed by atoms with E-state index in [1.165, 1.54) is 25.6 Å². The van der Waals surface area contributed by atoms with E-state index >= 15 is 0 Å². The molecular weight excluding hydrogens is 545 g/mol. The average Bonchev–Trinajstić information content (AvgIpc) is 3.71. The van der Waals surface area contributed by atoms with Crippen molar-refractivity contribution in [3.8, 4) is 23.5 Å². The Bertz CT molecular complexity index is 2710. The largest absolute Gasteiger partial charge is 0.309 e. The molecule has 0 unspecified atom stereocenters. The Kier molecular flexibility index (Phi) is 4.87. The van der Waals surface area contributed by atoms with Gasteiger partial charge in [-0.05, 0) is 78.9 Å². The second-order valence-corrected chi connectivity index (χ2v) is 11.9. The molecule has 0 aliphatic carbocycles. The lowest BCUT2D eigenvalue weighted by Crippen LogP contribution is -1.98. The molecule has 198 valence electrons. The van der Waals surface area contributed by atoms with Crippen molar-refractivity contribution in [2.24, 2.45) is 0 Å². The number of fused-ring (bicyclic) bond motifs is 10. The van der Waals surface area contributed by atoms with E-state index in [0.717, 1.165) is 49.6 Å². The lowest BCUT2D eigenvalue weighted by molar-refractivity contribution is 1.13. The van der Waals surface area contributed by atoms with Gasteiger partial charge in [0.05, 0.1) is 45.3 Å². The number of hydrogen-bond acceptors (Lipinski definition) is 3. The van der Waals surface area contributed by atoms with Crippen molar-refractivity contribution >= 4 is 75.1 Å². The van der Waals surface area contributed by atoms with E-state index in [-0.39, 0.29) is 0 Å². The third-order valence-corrected chi connectivity index (χ3v) is 9.68. The highest BCUT2D eigenvalue weighted by Crippen LogP contribution is 2.44. The number of aromatic nitrogens is 2. The zero-order valence-electron chi connectivity index (χ0n) is 22.7. The second kappa shape index (κ2) is 8.81. The molecule has 9 aromatic rings. The first-order valence-corrected chi connectivity index (χ1v) is 14.9. The summed E-state index contributed by atoms with van der Waals surface area (Å²) >= 11 is 1.77. The van der Waals surface area contributed by atoms with E-state index in [9.17, 15) is 10.5 Å². The summed E-state index contributed by atoms with van der Waals surface area (Å²) in [5, 5.41) is 26.1. The Labute approximate surface area is 250 Å². The molecule has 3 heterocycles. The van der Waals surface area contributed by atoms with Crippen LogP contribution in [-0.4, -0.2) is 9.13 Å². The maximum absolute atomic E-state index is 9.64. The molecule has 43 heavy (non-hydrogen) atoms. The fraction of sp³-hybridized carbons (Fsp3) is 0. The molecule has 0 fully saturated rings. The predicted molar refractivity (Wildman–Crippen MR) is 177 cm³/mol. The van der Waals surface area contributed by atoms with Crippen LogP contribution in [0.15, 0.2) is 121 Å². The molecule has 0 spiro atoms. The smallest absolute Gasteiger partial charge is 0.0991 e. The fourth-order valence-corrected chi connectivity index (χ4v) is 7.86. The summed E-state index contributed by atoms with van der Waals surface area (Å²) in [6.45, 7) is 0. The van der Waals surface area contributed by atoms with E-state index < -0.39 is 0 Å². The normalized spacial score (nSPS) is 11.7. The molecule has 4 nitrogen and oxygen atoms in total. The molecule has 5 heteroatoms. The van der Waals surface area contributed by atoms with Crippen LogP contribution in [0.4, 0.5) is 0 Å². The maximum atomic E-state index is 9.64. The molecule has 0 aliphatic heterocycles. The molecule has 0 atom stereocenters. The summed E-state index contributed by atoms with van der Waals surface area (Å²) in [6, 6.07) is 46.6. The Morgan fingerprint density at radius 1 is 0.442 bits per heavy atom. The van der Waals surface area contributed by atoms with Crippen LogP contribution in [0.2, 0.25) is 0 Å². The third kappa shape index (κ3) is 3.29. The van der Waals surface area contributed by atoms with Crippen LogP contribution < -0.4 is 0 Å². The molecule has 0 saturated heterocycles. The summed E-state index contributed by atoms with van der Waals surface area (Å²) in [6.07, 6.45) is 0. The summed E-state index contributed by atoms with van der Waals surface area (Å²) in [7, 11) is 0. The van der Waals surface area contributed by atoms with Gasteiger partial charge in [-0.2, -0.15) is 10.5 Å². The van der Waals surface area contributed by atoms with E-state index in [1.54, 1.807) is 11.3 Å². The summed E-state index contributed by atoms with van der Waals surface area (Å²) in [5.74, 6) is 0. The zero-order chi connectivity index (χ0) is 28.7. The standard InChI is InChI=1S/C38H20N4S/c39-21-23-12-14-33-29(18-23)27-8-1-3-10-31(27)41(33)25-6-5-7-26(20-25)42-32-11-4-2-9-28(32)37-34(42)15-17-36-38(37)30-19-24(22-40)13-16-35(30)43-36/h1-20H. The number of thiophene rings is 1. The van der Waals surface area contributed by atoms with Crippen molar-refractivity contribution < 1.29 is 0 Å². The highest BCUT2D eigenvalue weighted by Gasteiger charge is 2.19. The zero-order valence-corrected chi connectivity index (χ0v) is 23.6. The minimum atomic E-state index is 0.656. The molecule has 0 bridgehead atoms. The maximum Gasteiger partial charge on any atom is 0.0991 e. The Morgan fingerprint density at radius 3 is 1.79 bits per heavy atom. The highest BCUT2D eigenvalue weighted by atomic mass is 32.1. The predicted octanol–water partition coefficient (Wildman–Crippen LogP) is 9.99. The summed E-state index contributed by atoms with van der Waals surface area (Å²) in [5.41, 5.74) is 7.90. The highest BCUT2D eigenvalue weighted by molar-refractivity contribution is 7.26. The minimum Gasteiger partial charge on any atom is -0.309 e. The number of nitriles is 2. The first kappa shape index (κ1) is 23.8. The van der Waals surface area contributed by atoms with Crippen molar-refractivity contribution in [2.75, 3.05) is 0 Å². The Hall–Kier alpha value is -5.88. The van der Waals surface area contributed by atoms with Gasteiger partial charge in [0.2, 0.25) is 0 Å². The van der Waals surface area contributed by atoms with E-state index in [1.807, 2.05) is 30.3 Å². The van der Waals surface area contributed by atoms with Crippen LogP contribution >= 0.6 is 11.3 Å². The van der Waals surface area contributed by atoms with Gasteiger partial charge in [0, 0.05) is 53.1 Å². The van der Waals surface area contributed by atoms with Gasteiger partial charge in [-0.25, -0.2) is 0 Å². The molecule has 0 N–H and O–H groups in total. The van der Waals surface area contributed by atoms with Gasteiger partial charge >= 0.3 is 0 Å². The first-order valence-electron chi connectivity index (χ1n) is 14.1. The van der Waals surface area contributed by atoms with Crippen LogP contribution in [0.25, 0.3) is 75.2 Å². The molecule has 0 saturated carbocycles. The number of para-hydroxylation sites is 2. The van der Waals surface area contributed by atoms with Gasteiger partial charge in [0.1, 0.15) is 0 Å². The lowest BCUT2D eigenvalue weighted by atomic mass is 10.0. The summed E-state index contributed by atoms with van der Waals surface area (Å²) < 4.78 is 7.05. The second-order valence-electron chi connectivity index (χ2n) is 10.8. The van der Waals surface area contributed by atoms with Crippen molar-refractivity contribution in [2.45, 2.75) is 0 Å². The van der Waals surface area contributed by atoms with Crippen LogP contribution in [-0.2, 0) is 0 Å². The van der Waals surface area contributed by atoms with Gasteiger partial charge in [0.15, 0.2) is 0 Å². The van der Waals surface area contributed by atoms with Crippen LogP contribution in [0.3, 0.4) is 0 Å². The SMILES string of the molecule is N#Cc1ccc2sc3ccc4c(c5ccccc5n4-c4cccc(-n5c6ccccc6c6cc(C#N)ccc65)c4)c3c2c1.